The van der Waals surface area contributed by atoms with E-state index in [1.807, 2.05) is 39.1 Å². The molecule has 3 aromatic rings. The van der Waals surface area contributed by atoms with Gasteiger partial charge >= 0.3 is 0 Å². The standard InChI is InChI=1S/C32H51N5O4SSi/c1-8-32(40-18-19-41-32)16-11-9-10-12-28(36-42(38)31(2,3)4)30-33-23-29(37(30)24-39-20-21-43(5,6)7)26-13-14-27-25(22-26)15-17-34-35-27/h13-15,17,22-23,28,36H,8-12,16,18-21,24H2,1-7H3/t28-,42+/m0/s1. The lowest BCUT2D eigenvalue weighted by molar-refractivity contribution is -0.164. The first kappa shape index (κ1) is 34.0. The zero-order chi connectivity index (χ0) is 31.1. The first-order valence-corrected chi connectivity index (χ1v) is 20.6. The van der Waals surface area contributed by atoms with Gasteiger partial charge in [0.15, 0.2) is 5.79 Å². The summed E-state index contributed by atoms with van der Waals surface area (Å²) in [6.45, 7) is 17.6. The topological polar surface area (TPSA) is 106 Å². The number of imidazole rings is 1. The molecule has 0 saturated carbocycles. The average Bonchev–Trinajstić information content (AvgIpc) is 3.61. The number of nitrogens with zero attached hydrogens (tertiary/aromatic N) is 4. The second-order valence-corrected chi connectivity index (χ2v) is 21.3. The number of unbranched alkanes of at least 4 members (excludes halogenated alkanes) is 2. The van der Waals surface area contributed by atoms with Crippen LogP contribution < -0.4 is 4.72 Å². The molecule has 1 aliphatic rings. The van der Waals surface area contributed by atoms with Crippen LogP contribution in [0.4, 0.5) is 0 Å². The molecule has 0 bridgehead atoms. The summed E-state index contributed by atoms with van der Waals surface area (Å²) >= 11 is -1.26. The van der Waals surface area contributed by atoms with Gasteiger partial charge < -0.3 is 23.3 Å². The highest BCUT2D eigenvalue weighted by atomic mass is 32.2. The number of ether oxygens (including phenoxy) is 3. The SMILES string of the molecule is CCC1(CCCCC[C@H](N[S@+]([O-])C(C)(C)C)c2ncc(-c3ccc4nnccc4c3)n2COCC[Si](C)(C)C)OCCO1. The fraction of sp³-hybridized carbons (Fsp3) is 0.656. The van der Waals surface area contributed by atoms with E-state index in [2.05, 4.69) is 58.2 Å². The molecular weight excluding hydrogens is 579 g/mol. The van der Waals surface area contributed by atoms with Crippen molar-refractivity contribution in [2.45, 2.75) is 115 Å². The minimum atomic E-state index is -1.26. The molecule has 1 N–H and O–H groups in total. The van der Waals surface area contributed by atoms with Crippen molar-refractivity contribution >= 4 is 30.3 Å². The van der Waals surface area contributed by atoms with Crippen molar-refractivity contribution in [3.63, 3.8) is 0 Å². The summed E-state index contributed by atoms with van der Waals surface area (Å²) in [4.78, 5) is 4.95. The molecule has 11 heteroatoms. The monoisotopic (exact) mass is 629 g/mol. The number of rotatable bonds is 16. The highest BCUT2D eigenvalue weighted by Gasteiger charge is 2.34. The molecular formula is C32H51N5O4SSi. The molecule has 0 radical (unpaired) electrons. The molecule has 0 amide bonds. The molecule has 0 spiro atoms. The Bertz CT molecular complexity index is 1300. The number of benzene rings is 1. The van der Waals surface area contributed by atoms with Crippen LogP contribution in [0.5, 0.6) is 0 Å². The third-order valence-corrected chi connectivity index (χ3v) is 11.2. The van der Waals surface area contributed by atoms with Gasteiger partial charge in [0.05, 0.1) is 36.8 Å². The molecule has 3 heterocycles. The molecule has 1 aliphatic heterocycles. The lowest BCUT2D eigenvalue weighted by atomic mass is 10.0. The lowest BCUT2D eigenvalue weighted by Gasteiger charge is -2.28. The van der Waals surface area contributed by atoms with Gasteiger partial charge in [-0.3, -0.25) is 0 Å². The summed E-state index contributed by atoms with van der Waals surface area (Å²) in [6.07, 6.45) is 9.20. The Labute approximate surface area is 261 Å². The van der Waals surface area contributed by atoms with Crippen molar-refractivity contribution in [3.8, 4) is 11.3 Å². The van der Waals surface area contributed by atoms with Crippen molar-refractivity contribution in [1.82, 2.24) is 24.5 Å². The molecule has 0 unspecified atom stereocenters. The van der Waals surface area contributed by atoms with Crippen molar-refractivity contribution in [2.75, 3.05) is 19.8 Å². The Morgan fingerprint density at radius 1 is 1.14 bits per heavy atom. The molecule has 2 atom stereocenters. The maximum atomic E-state index is 13.4. The summed E-state index contributed by atoms with van der Waals surface area (Å²) in [5.74, 6) is 0.427. The van der Waals surface area contributed by atoms with E-state index in [9.17, 15) is 4.55 Å². The summed E-state index contributed by atoms with van der Waals surface area (Å²) in [6, 6.07) is 9.03. The van der Waals surface area contributed by atoms with Gasteiger partial charge in [-0.15, -0.1) is 4.72 Å². The van der Waals surface area contributed by atoms with Crippen LogP contribution in [0.25, 0.3) is 22.2 Å². The number of hydrogen-bond donors (Lipinski definition) is 1. The Hall–Kier alpha value is -1.86. The van der Waals surface area contributed by atoms with E-state index in [1.54, 1.807) is 6.20 Å². The van der Waals surface area contributed by atoms with Gasteiger partial charge in [-0.1, -0.05) is 45.5 Å². The molecule has 4 rings (SSSR count). The predicted molar refractivity (Wildman–Crippen MR) is 177 cm³/mol. The Morgan fingerprint density at radius 2 is 1.91 bits per heavy atom. The second-order valence-electron chi connectivity index (χ2n) is 13.7. The highest BCUT2D eigenvalue weighted by Crippen LogP contribution is 2.32. The maximum Gasteiger partial charge on any atom is 0.168 e. The minimum Gasteiger partial charge on any atom is -0.598 e. The molecule has 1 saturated heterocycles. The molecule has 1 fully saturated rings. The summed E-state index contributed by atoms with van der Waals surface area (Å²) in [5.41, 5.74) is 2.85. The maximum absolute atomic E-state index is 13.4. The van der Waals surface area contributed by atoms with Crippen LogP contribution in [0.3, 0.4) is 0 Å². The van der Waals surface area contributed by atoms with E-state index < -0.39 is 30.0 Å². The molecule has 2 aromatic heterocycles. The van der Waals surface area contributed by atoms with E-state index in [4.69, 9.17) is 19.2 Å². The fourth-order valence-corrected chi connectivity index (χ4v) is 6.80. The van der Waals surface area contributed by atoms with Crippen LogP contribution in [-0.4, -0.2) is 62.7 Å². The van der Waals surface area contributed by atoms with Crippen molar-refractivity contribution in [1.29, 1.82) is 0 Å². The first-order chi connectivity index (χ1) is 20.4. The van der Waals surface area contributed by atoms with Crippen LogP contribution in [-0.2, 0) is 32.3 Å². The quantitative estimate of drug-likeness (QED) is 0.103. The second kappa shape index (κ2) is 14.9. The van der Waals surface area contributed by atoms with Gasteiger partial charge in [-0.25, -0.2) is 4.98 Å². The predicted octanol–water partition coefficient (Wildman–Crippen LogP) is 7.00. The summed E-state index contributed by atoms with van der Waals surface area (Å²) in [5, 5.41) is 9.27. The van der Waals surface area contributed by atoms with Crippen LogP contribution in [0, 0.1) is 0 Å². The third kappa shape index (κ3) is 9.56. The summed E-state index contributed by atoms with van der Waals surface area (Å²) in [7, 11) is -1.24. The minimum absolute atomic E-state index is 0.195. The normalized spacial score (nSPS) is 17.0. The van der Waals surface area contributed by atoms with Crippen molar-refractivity contribution < 1.29 is 18.8 Å². The van der Waals surface area contributed by atoms with Gasteiger partial charge in [0.1, 0.15) is 23.3 Å². The van der Waals surface area contributed by atoms with Gasteiger partial charge in [0.25, 0.3) is 0 Å². The van der Waals surface area contributed by atoms with E-state index >= 15 is 0 Å². The Kier molecular flexibility index (Phi) is 11.8. The lowest BCUT2D eigenvalue weighted by Crippen LogP contribution is -2.42. The number of fused-ring (bicyclic) bond motifs is 1. The Morgan fingerprint density at radius 3 is 2.60 bits per heavy atom. The fourth-order valence-electron chi connectivity index (χ4n) is 5.20. The van der Waals surface area contributed by atoms with Crippen molar-refractivity contribution in [3.05, 3.63) is 42.5 Å². The van der Waals surface area contributed by atoms with Gasteiger partial charge in [0, 0.05) is 43.4 Å². The van der Waals surface area contributed by atoms with E-state index in [1.165, 1.54) is 0 Å². The largest absolute Gasteiger partial charge is 0.598 e. The number of hydrogen-bond acceptors (Lipinski definition) is 8. The third-order valence-electron chi connectivity index (χ3n) is 7.93. The highest BCUT2D eigenvalue weighted by molar-refractivity contribution is 7.90. The van der Waals surface area contributed by atoms with Gasteiger partial charge in [-0.05, 0) is 64.3 Å². The van der Waals surface area contributed by atoms with Crippen LogP contribution in [0.1, 0.15) is 78.1 Å². The smallest absolute Gasteiger partial charge is 0.168 e. The molecule has 1 aromatic carbocycles. The van der Waals surface area contributed by atoms with E-state index in [-0.39, 0.29) is 6.04 Å². The number of nitrogens with one attached hydrogen (secondary N) is 1. The van der Waals surface area contributed by atoms with Crippen LogP contribution in [0.2, 0.25) is 25.7 Å². The van der Waals surface area contributed by atoms with Crippen LogP contribution in [0.15, 0.2) is 36.7 Å². The first-order valence-electron chi connectivity index (χ1n) is 15.7. The zero-order valence-corrected chi connectivity index (χ0v) is 29.0. The zero-order valence-electron chi connectivity index (χ0n) is 27.1. The average molecular weight is 630 g/mol. The van der Waals surface area contributed by atoms with E-state index in [0.29, 0.717) is 26.6 Å². The van der Waals surface area contributed by atoms with Gasteiger partial charge in [-0.2, -0.15) is 10.2 Å². The van der Waals surface area contributed by atoms with Crippen LogP contribution >= 0.6 is 0 Å². The molecule has 43 heavy (non-hydrogen) atoms. The summed E-state index contributed by atoms with van der Waals surface area (Å²) < 4.78 is 36.7. The van der Waals surface area contributed by atoms with E-state index in [0.717, 1.165) is 72.6 Å². The number of aromatic nitrogens is 4. The molecule has 238 valence electrons. The molecule has 9 nitrogen and oxygen atoms in total. The van der Waals surface area contributed by atoms with Crippen molar-refractivity contribution in [2.24, 2.45) is 0 Å². The van der Waals surface area contributed by atoms with Gasteiger partial charge in [0.2, 0.25) is 0 Å². The Balaban J connectivity index is 1.57. The molecule has 0 aliphatic carbocycles.